The summed E-state index contributed by atoms with van der Waals surface area (Å²) in [6.45, 7) is 11.2. The molecule has 0 aromatic rings. The lowest BCUT2D eigenvalue weighted by atomic mass is 10.1. The summed E-state index contributed by atoms with van der Waals surface area (Å²) < 4.78 is 24.0. The highest BCUT2D eigenvalue weighted by atomic mass is 19.3. The normalized spacial score (nSPS) is 11.1. The number of nitrogens with zero attached hydrogens (tertiary/aromatic N) is 1. The minimum Gasteiger partial charge on any atom is -0.375 e. The molecule has 0 bridgehead atoms. The van der Waals surface area contributed by atoms with Crippen LogP contribution in [0.4, 0.5) is 8.78 Å². The quantitative estimate of drug-likeness (QED) is 0.614. The number of halogens is 2. The van der Waals surface area contributed by atoms with Gasteiger partial charge in [-0.25, -0.2) is 8.78 Å². The molecule has 0 aromatic heterocycles. The van der Waals surface area contributed by atoms with Gasteiger partial charge < -0.3 is 4.90 Å². The lowest BCUT2D eigenvalue weighted by Gasteiger charge is -2.25. The van der Waals surface area contributed by atoms with Crippen molar-refractivity contribution in [1.29, 1.82) is 0 Å². The molecule has 0 saturated carbocycles. The number of rotatable bonds is 7. The monoisotopic (exact) mass is 205 g/mol. The van der Waals surface area contributed by atoms with Crippen molar-refractivity contribution in [3.63, 3.8) is 0 Å². The molecule has 3 heteroatoms. The van der Waals surface area contributed by atoms with Crippen molar-refractivity contribution in [3.05, 3.63) is 12.3 Å². The van der Waals surface area contributed by atoms with Gasteiger partial charge >= 0.3 is 0 Å². The molecule has 84 valence electrons. The fourth-order valence-corrected chi connectivity index (χ4v) is 1.16. The van der Waals surface area contributed by atoms with Crippen LogP contribution in [0.15, 0.2) is 12.3 Å². The fraction of sp³-hybridized carbons (Fsp3) is 0.818. The summed E-state index contributed by atoms with van der Waals surface area (Å²) >= 11 is 0. The van der Waals surface area contributed by atoms with Gasteiger partial charge in [0.25, 0.3) is 0 Å². The highest BCUT2D eigenvalue weighted by Crippen LogP contribution is 2.10. The average molecular weight is 205 g/mol. The van der Waals surface area contributed by atoms with Crippen LogP contribution in [0.2, 0.25) is 0 Å². The Bertz CT molecular complexity index is 155. The molecular weight excluding hydrogens is 184 g/mol. The Morgan fingerprint density at radius 2 is 1.71 bits per heavy atom. The van der Waals surface area contributed by atoms with Crippen molar-refractivity contribution < 1.29 is 8.78 Å². The molecule has 0 amide bonds. The molecule has 1 nitrogen and oxygen atoms in total. The van der Waals surface area contributed by atoms with Crippen LogP contribution in [0.5, 0.6) is 0 Å². The zero-order chi connectivity index (χ0) is 11.1. The molecular formula is C11H21F2N. The Kier molecular flexibility index (Phi) is 6.50. The molecule has 0 spiro atoms. The maximum absolute atomic E-state index is 12.0. The molecule has 0 aliphatic heterocycles. The number of hydrogen-bond acceptors (Lipinski definition) is 1. The first-order valence-corrected chi connectivity index (χ1v) is 5.12. The van der Waals surface area contributed by atoms with Crippen LogP contribution in [-0.4, -0.2) is 24.4 Å². The highest BCUT2D eigenvalue weighted by Gasteiger charge is 2.09. The largest absolute Gasteiger partial charge is 0.375 e. The summed E-state index contributed by atoms with van der Waals surface area (Å²) in [6, 6.07) is 0. The van der Waals surface area contributed by atoms with E-state index < -0.39 is 6.43 Å². The van der Waals surface area contributed by atoms with Gasteiger partial charge in [0.2, 0.25) is 6.43 Å². The molecule has 0 heterocycles. The summed E-state index contributed by atoms with van der Waals surface area (Å²) in [6.07, 6.45) is -1.25. The third-order valence-electron chi connectivity index (χ3n) is 2.13. The molecule has 0 N–H and O–H groups in total. The third kappa shape index (κ3) is 6.87. The van der Waals surface area contributed by atoms with Crippen molar-refractivity contribution in [2.75, 3.05) is 13.1 Å². The van der Waals surface area contributed by atoms with Crippen LogP contribution >= 0.6 is 0 Å². The lowest BCUT2D eigenvalue weighted by molar-refractivity contribution is 0.122. The number of allylic oxidation sites excluding steroid dienone is 1. The van der Waals surface area contributed by atoms with E-state index in [2.05, 4.69) is 20.4 Å². The number of alkyl halides is 2. The van der Waals surface area contributed by atoms with E-state index >= 15 is 0 Å². The Morgan fingerprint density at radius 1 is 1.21 bits per heavy atom. The first-order chi connectivity index (χ1) is 6.43. The fourth-order valence-electron chi connectivity index (χ4n) is 1.16. The number of hydrogen-bond donors (Lipinski definition) is 0. The van der Waals surface area contributed by atoms with Gasteiger partial charge in [-0.3, -0.25) is 0 Å². The van der Waals surface area contributed by atoms with Crippen LogP contribution in [0.3, 0.4) is 0 Å². The molecule has 0 radical (unpaired) electrons. The zero-order valence-corrected chi connectivity index (χ0v) is 9.39. The van der Waals surface area contributed by atoms with E-state index in [0.717, 1.165) is 18.7 Å². The summed E-state index contributed by atoms with van der Waals surface area (Å²) in [7, 11) is 0. The topological polar surface area (TPSA) is 3.24 Å². The first kappa shape index (κ1) is 13.4. The van der Waals surface area contributed by atoms with E-state index in [9.17, 15) is 8.78 Å². The van der Waals surface area contributed by atoms with Gasteiger partial charge in [-0.2, -0.15) is 0 Å². The van der Waals surface area contributed by atoms with Gasteiger partial charge in [0.15, 0.2) is 0 Å². The Hall–Kier alpha value is -0.600. The predicted octanol–water partition coefficient (Wildman–Crippen LogP) is 3.52. The Labute approximate surface area is 85.8 Å². The SMILES string of the molecule is C=C(C)N(CCC(C)C)CCC(F)F. The van der Waals surface area contributed by atoms with E-state index in [1.54, 1.807) is 0 Å². The molecule has 0 atom stereocenters. The molecule has 0 fully saturated rings. The van der Waals surface area contributed by atoms with E-state index in [1.165, 1.54) is 0 Å². The Morgan fingerprint density at radius 3 is 2.07 bits per heavy atom. The minimum atomic E-state index is -2.21. The second kappa shape index (κ2) is 6.80. The van der Waals surface area contributed by atoms with E-state index in [4.69, 9.17) is 0 Å². The van der Waals surface area contributed by atoms with Crippen LogP contribution in [0.1, 0.15) is 33.6 Å². The highest BCUT2D eigenvalue weighted by molar-refractivity contribution is 4.88. The first-order valence-electron chi connectivity index (χ1n) is 5.12. The van der Waals surface area contributed by atoms with Crippen molar-refractivity contribution >= 4 is 0 Å². The maximum Gasteiger partial charge on any atom is 0.240 e. The smallest absolute Gasteiger partial charge is 0.240 e. The Balaban J connectivity index is 3.84. The summed E-state index contributed by atoms with van der Waals surface area (Å²) in [5.41, 5.74) is 0.881. The van der Waals surface area contributed by atoms with Crippen LogP contribution in [0, 0.1) is 5.92 Å². The molecule has 0 aromatic carbocycles. The van der Waals surface area contributed by atoms with Gasteiger partial charge in [0.1, 0.15) is 0 Å². The maximum atomic E-state index is 12.0. The molecule has 0 aliphatic carbocycles. The van der Waals surface area contributed by atoms with Gasteiger partial charge in [0.05, 0.1) is 0 Å². The molecule has 0 rings (SSSR count). The average Bonchev–Trinajstić information content (AvgIpc) is 2.02. The van der Waals surface area contributed by atoms with Gasteiger partial charge in [-0.05, 0) is 19.3 Å². The summed E-state index contributed by atoms with van der Waals surface area (Å²) in [4.78, 5) is 1.94. The summed E-state index contributed by atoms with van der Waals surface area (Å²) in [5, 5.41) is 0. The summed E-state index contributed by atoms with van der Waals surface area (Å²) in [5.74, 6) is 0.600. The van der Waals surface area contributed by atoms with E-state index in [1.807, 2.05) is 11.8 Å². The zero-order valence-electron chi connectivity index (χ0n) is 9.39. The third-order valence-corrected chi connectivity index (χ3v) is 2.13. The van der Waals surface area contributed by atoms with Crippen LogP contribution in [0.25, 0.3) is 0 Å². The second-order valence-corrected chi connectivity index (χ2v) is 4.08. The molecule has 0 aliphatic rings. The second-order valence-electron chi connectivity index (χ2n) is 4.08. The van der Waals surface area contributed by atoms with Gasteiger partial charge in [0, 0.05) is 25.2 Å². The van der Waals surface area contributed by atoms with Crippen LogP contribution < -0.4 is 0 Å². The lowest BCUT2D eigenvalue weighted by Crippen LogP contribution is -2.25. The van der Waals surface area contributed by atoms with Crippen molar-refractivity contribution in [1.82, 2.24) is 4.90 Å². The molecule has 14 heavy (non-hydrogen) atoms. The molecule has 0 unspecified atom stereocenters. The van der Waals surface area contributed by atoms with Crippen molar-refractivity contribution in [3.8, 4) is 0 Å². The standard InChI is InChI=1S/C11H21F2N/c1-9(2)5-7-14(10(3)4)8-6-11(12)13/h9,11H,3,5-8H2,1-2,4H3. The van der Waals surface area contributed by atoms with E-state index in [-0.39, 0.29) is 6.42 Å². The van der Waals surface area contributed by atoms with Gasteiger partial charge in [-0.15, -0.1) is 0 Å². The van der Waals surface area contributed by atoms with Crippen molar-refractivity contribution in [2.45, 2.75) is 40.0 Å². The van der Waals surface area contributed by atoms with Gasteiger partial charge in [-0.1, -0.05) is 20.4 Å². The van der Waals surface area contributed by atoms with Crippen LogP contribution in [-0.2, 0) is 0 Å². The van der Waals surface area contributed by atoms with Crippen molar-refractivity contribution in [2.24, 2.45) is 5.92 Å². The molecule has 0 saturated heterocycles. The predicted molar refractivity (Wildman–Crippen MR) is 56.5 cm³/mol. The minimum absolute atomic E-state index is 0.0645. The van der Waals surface area contributed by atoms with E-state index in [0.29, 0.717) is 12.5 Å².